The summed E-state index contributed by atoms with van der Waals surface area (Å²) in [5, 5.41) is 2.32. The number of para-hydroxylation sites is 1. The van der Waals surface area contributed by atoms with Crippen LogP contribution < -0.4 is 5.32 Å². The predicted octanol–water partition coefficient (Wildman–Crippen LogP) is 3.75. The Hall–Kier alpha value is -2.47. The number of halogens is 2. The number of aromatic nitrogens is 1. The lowest BCUT2D eigenvalue weighted by atomic mass is 10.1. The minimum atomic E-state index is -1.15. The number of ether oxygens (including phenoxy) is 1. The van der Waals surface area contributed by atoms with Crippen molar-refractivity contribution in [2.75, 3.05) is 5.32 Å². The average Bonchev–Trinajstić information content (AvgIpc) is 2.50. The second-order valence-electron chi connectivity index (χ2n) is 4.28. The standard InChI is InChI=1S/C15H12ClFN2O3/c16-11-6-8-18-14(13(11)17)12(7-9-20)22-15(21)19-10-4-2-1-3-5-10/h1-6,8-9,12H,7H2,(H,19,21). The normalized spacial score (nSPS) is 11.5. The van der Waals surface area contributed by atoms with Crippen LogP contribution in [0.1, 0.15) is 18.2 Å². The molecule has 7 heteroatoms. The molecule has 0 saturated carbocycles. The molecule has 0 radical (unpaired) electrons. The highest BCUT2D eigenvalue weighted by Crippen LogP contribution is 2.26. The highest BCUT2D eigenvalue weighted by Gasteiger charge is 2.23. The largest absolute Gasteiger partial charge is 0.439 e. The van der Waals surface area contributed by atoms with E-state index in [9.17, 15) is 14.0 Å². The van der Waals surface area contributed by atoms with Gasteiger partial charge in [-0.1, -0.05) is 29.8 Å². The third kappa shape index (κ3) is 4.02. The van der Waals surface area contributed by atoms with Gasteiger partial charge in [-0.15, -0.1) is 0 Å². The molecule has 1 aromatic carbocycles. The average molecular weight is 323 g/mol. The molecule has 0 aliphatic rings. The number of nitrogens with one attached hydrogen (secondary N) is 1. The maximum atomic E-state index is 13.9. The van der Waals surface area contributed by atoms with E-state index >= 15 is 0 Å². The summed E-state index contributed by atoms with van der Waals surface area (Å²) in [5.41, 5.74) is 0.319. The number of hydrogen-bond acceptors (Lipinski definition) is 4. The molecule has 1 N–H and O–H groups in total. The fourth-order valence-corrected chi connectivity index (χ4v) is 1.91. The van der Waals surface area contributed by atoms with Crippen LogP contribution in [0.4, 0.5) is 14.9 Å². The molecule has 1 atom stereocenters. The van der Waals surface area contributed by atoms with Crippen molar-refractivity contribution in [3.05, 3.63) is 59.1 Å². The van der Waals surface area contributed by atoms with E-state index in [1.807, 2.05) is 0 Å². The van der Waals surface area contributed by atoms with E-state index < -0.39 is 18.0 Å². The second-order valence-corrected chi connectivity index (χ2v) is 4.69. The van der Waals surface area contributed by atoms with Gasteiger partial charge in [0.1, 0.15) is 12.0 Å². The highest BCUT2D eigenvalue weighted by molar-refractivity contribution is 6.30. The maximum absolute atomic E-state index is 13.9. The third-order valence-electron chi connectivity index (χ3n) is 2.75. The topological polar surface area (TPSA) is 68.3 Å². The van der Waals surface area contributed by atoms with Crippen LogP contribution in [0, 0.1) is 5.82 Å². The maximum Gasteiger partial charge on any atom is 0.412 e. The summed E-state index contributed by atoms with van der Waals surface area (Å²) in [7, 11) is 0. The van der Waals surface area contributed by atoms with Gasteiger partial charge in [0.2, 0.25) is 0 Å². The van der Waals surface area contributed by atoms with Crippen LogP contribution in [0.25, 0.3) is 0 Å². The summed E-state index contributed by atoms with van der Waals surface area (Å²) in [5.74, 6) is -0.816. The number of anilines is 1. The van der Waals surface area contributed by atoms with Gasteiger partial charge in [-0.05, 0) is 18.2 Å². The van der Waals surface area contributed by atoms with E-state index in [1.54, 1.807) is 30.3 Å². The monoisotopic (exact) mass is 322 g/mol. The first kappa shape index (κ1) is 15.9. The van der Waals surface area contributed by atoms with Gasteiger partial charge in [0.05, 0.1) is 5.02 Å². The number of hydrogen-bond donors (Lipinski definition) is 1. The van der Waals surface area contributed by atoms with Crippen molar-refractivity contribution in [3.63, 3.8) is 0 Å². The van der Waals surface area contributed by atoms with E-state index in [0.29, 0.717) is 12.0 Å². The summed E-state index contributed by atoms with van der Waals surface area (Å²) in [4.78, 5) is 26.4. The van der Waals surface area contributed by atoms with E-state index in [1.165, 1.54) is 12.3 Å². The summed E-state index contributed by atoms with van der Waals surface area (Å²) < 4.78 is 19.0. The predicted molar refractivity (Wildman–Crippen MR) is 79.2 cm³/mol. The molecule has 114 valence electrons. The molecule has 22 heavy (non-hydrogen) atoms. The molecule has 1 unspecified atom stereocenters. The van der Waals surface area contributed by atoms with Crippen LogP contribution in [0.2, 0.25) is 5.02 Å². The van der Waals surface area contributed by atoms with E-state index in [2.05, 4.69) is 10.3 Å². The summed E-state index contributed by atoms with van der Waals surface area (Å²) in [6.45, 7) is 0. The quantitative estimate of drug-likeness (QED) is 0.851. The van der Waals surface area contributed by atoms with Crippen LogP contribution >= 0.6 is 11.6 Å². The van der Waals surface area contributed by atoms with Gasteiger partial charge >= 0.3 is 6.09 Å². The highest BCUT2D eigenvalue weighted by atomic mass is 35.5. The molecule has 2 rings (SSSR count). The molecule has 0 aliphatic heterocycles. The summed E-state index contributed by atoms with van der Waals surface area (Å²) >= 11 is 5.66. The molecular weight excluding hydrogens is 311 g/mol. The SMILES string of the molecule is O=CCC(OC(=O)Nc1ccccc1)c1nccc(Cl)c1F. The number of rotatable bonds is 5. The zero-order valence-corrected chi connectivity index (χ0v) is 12.1. The fraction of sp³-hybridized carbons (Fsp3) is 0.133. The summed E-state index contributed by atoms with van der Waals surface area (Å²) in [6.07, 6.45) is -0.412. The molecular formula is C15H12ClFN2O3. The van der Waals surface area contributed by atoms with Gasteiger partial charge in [-0.25, -0.2) is 9.18 Å². The van der Waals surface area contributed by atoms with Crippen molar-refractivity contribution in [2.24, 2.45) is 0 Å². The second kappa shape index (κ2) is 7.51. The molecule has 0 aliphatic carbocycles. The van der Waals surface area contributed by atoms with Crippen LogP contribution in [-0.2, 0) is 9.53 Å². The van der Waals surface area contributed by atoms with Gasteiger partial charge in [0.15, 0.2) is 11.9 Å². The lowest BCUT2D eigenvalue weighted by Crippen LogP contribution is -2.19. The molecule has 1 amide bonds. The Bertz CT molecular complexity index is 667. The Balaban J connectivity index is 2.13. The van der Waals surface area contributed by atoms with Crippen LogP contribution in [0.3, 0.4) is 0 Å². The van der Waals surface area contributed by atoms with Crippen LogP contribution in [0.5, 0.6) is 0 Å². The van der Waals surface area contributed by atoms with Crippen molar-refractivity contribution in [1.29, 1.82) is 0 Å². The number of aldehydes is 1. The zero-order chi connectivity index (χ0) is 15.9. The molecule has 1 aromatic heterocycles. The van der Waals surface area contributed by atoms with Gasteiger partial charge in [-0.3, -0.25) is 10.3 Å². The Kier molecular flexibility index (Phi) is 5.43. The van der Waals surface area contributed by atoms with Gasteiger partial charge in [0.25, 0.3) is 0 Å². The molecule has 0 bridgehead atoms. The van der Waals surface area contributed by atoms with E-state index in [4.69, 9.17) is 16.3 Å². The molecule has 0 saturated heterocycles. The van der Waals surface area contributed by atoms with Crippen LogP contribution in [0.15, 0.2) is 42.6 Å². The fourth-order valence-electron chi connectivity index (χ4n) is 1.76. The lowest BCUT2D eigenvalue weighted by Gasteiger charge is -2.16. The summed E-state index contributed by atoms with van der Waals surface area (Å²) in [6, 6.07) is 9.84. The number of carbonyl (C=O) groups excluding carboxylic acids is 2. The smallest absolute Gasteiger partial charge is 0.412 e. The molecule has 2 aromatic rings. The first-order valence-corrected chi connectivity index (χ1v) is 6.76. The molecule has 0 fully saturated rings. The Morgan fingerprint density at radius 3 is 2.77 bits per heavy atom. The van der Waals surface area contributed by atoms with Crippen molar-refractivity contribution in [1.82, 2.24) is 4.98 Å². The minimum Gasteiger partial charge on any atom is -0.439 e. The van der Waals surface area contributed by atoms with Crippen LogP contribution in [-0.4, -0.2) is 17.4 Å². The first-order valence-electron chi connectivity index (χ1n) is 6.38. The van der Waals surface area contributed by atoms with Gasteiger partial charge in [0, 0.05) is 18.3 Å². The third-order valence-corrected chi connectivity index (χ3v) is 3.05. The van der Waals surface area contributed by atoms with E-state index in [0.717, 1.165) is 0 Å². The number of benzene rings is 1. The van der Waals surface area contributed by atoms with E-state index in [-0.39, 0.29) is 17.1 Å². The Morgan fingerprint density at radius 2 is 2.09 bits per heavy atom. The molecule has 0 spiro atoms. The van der Waals surface area contributed by atoms with Gasteiger partial charge < -0.3 is 9.53 Å². The number of nitrogens with zero attached hydrogens (tertiary/aromatic N) is 1. The van der Waals surface area contributed by atoms with Crippen molar-refractivity contribution in [3.8, 4) is 0 Å². The van der Waals surface area contributed by atoms with Crippen molar-refractivity contribution < 1.29 is 18.7 Å². The lowest BCUT2D eigenvalue weighted by molar-refractivity contribution is -0.109. The molecule has 1 heterocycles. The number of pyridine rings is 1. The molecule has 5 nitrogen and oxygen atoms in total. The van der Waals surface area contributed by atoms with Crippen molar-refractivity contribution >= 4 is 29.7 Å². The first-order chi connectivity index (χ1) is 10.6. The minimum absolute atomic E-state index is 0.159. The number of carbonyl (C=O) groups is 2. The Morgan fingerprint density at radius 1 is 1.36 bits per heavy atom. The Labute approximate surface area is 131 Å². The van der Waals surface area contributed by atoms with Gasteiger partial charge in [-0.2, -0.15) is 0 Å². The zero-order valence-electron chi connectivity index (χ0n) is 11.3. The number of amides is 1. The van der Waals surface area contributed by atoms with Crippen molar-refractivity contribution in [2.45, 2.75) is 12.5 Å².